The summed E-state index contributed by atoms with van der Waals surface area (Å²) in [6.07, 6.45) is 0. The number of nitrogens with zero attached hydrogens (tertiary/aromatic N) is 2. The molecule has 0 aromatic heterocycles. The fourth-order valence-electron chi connectivity index (χ4n) is 2.05. The van der Waals surface area contributed by atoms with E-state index in [1.54, 1.807) is 12.1 Å². The maximum Gasteiger partial charge on any atom is 0.532 e. The summed E-state index contributed by atoms with van der Waals surface area (Å²) >= 11 is 0. The molecule has 2 N–H and O–H groups in total. The fourth-order valence-corrected chi connectivity index (χ4v) is 2.05. The minimum absolute atomic E-state index is 0.322. The average Bonchev–Trinajstić information content (AvgIpc) is 2.39. The van der Waals surface area contributed by atoms with Crippen molar-refractivity contribution in [1.29, 1.82) is 0 Å². The van der Waals surface area contributed by atoms with Crippen molar-refractivity contribution >= 4 is 18.5 Å². The van der Waals surface area contributed by atoms with Gasteiger partial charge in [-0.1, -0.05) is 12.1 Å². The second-order valence-corrected chi connectivity index (χ2v) is 4.58. The number of hydrogen-bond donors (Lipinski definition) is 2. The van der Waals surface area contributed by atoms with E-state index in [1.165, 1.54) is 0 Å². The fraction of sp³-hybridized carbons (Fsp3) is 0.417. The second-order valence-electron chi connectivity index (χ2n) is 4.58. The van der Waals surface area contributed by atoms with E-state index >= 15 is 0 Å². The van der Waals surface area contributed by atoms with Gasteiger partial charge in [-0.25, -0.2) is 0 Å². The molecule has 0 atom stereocenters. The lowest BCUT2D eigenvalue weighted by atomic mass is 9.80. The van der Waals surface area contributed by atoms with Crippen LogP contribution in [0.15, 0.2) is 24.3 Å². The molecular formula is C12H17BN2O3. The molecule has 1 aromatic carbocycles. The zero-order chi connectivity index (χ0) is 13.1. The normalized spacial score (nSPS) is 16.7. The Balaban J connectivity index is 2.06. The number of carbonyl (C=O) groups excluding carboxylic acids is 1. The summed E-state index contributed by atoms with van der Waals surface area (Å²) in [4.78, 5) is 15.9. The van der Waals surface area contributed by atoms with E-state index in [-0.39, 0.29) is 0 Å². The van der Waals surface area contributed by atoms with Gasteiger partial charge < -0.3 is 19.8 Å². The molecule has 0 aliphatic carbocycles. The van der Waals surface area contributed by atoms with Crippen LogP contribution in [0.2, 0.25) is 0 Å². The van der Waals surface area contributed by atoms with Crippen LogP contribution in [0.3, 0.4) is 0 Å². The number of rotatable bonds is 3. The molecule has 1 aliphatic heterocycles. The first-order valence-corrected chi connectivity index (χ1v) is 6.02. The Labute approximate surface area is 107 Å². The molecule has 0 saturated carbocycles. The van der Waals surface area contributed by atoms with Gasteiger partial charge in [0, 0.05) is 37.4 Å². The standard InChI is InChI=1S/C12H17BN2O3/c1-14-6-8-15(9-7-14)11-4-2-10(3-5-11)12(16)13(17)18/h2-5,17-18H,6-9H2,1H3. The molecule has 1 aliphatic rings. The van der Waals surface area contributed by atoms with E-state index in [2.05, 4.69) is 16.8 Å². The van der Waals surface area contributed by atoms with Crippen LogP contribution in [-0.4, -0.2) is 61.0 Å². The zero-order valence-corrected chi connectivity index (χ0v) is 10.4. The number of hydrogen-bond acceptors (Lipinski definition) is 5. The number of piperazine rings is 1. The lowest BCUT2D eigenvalue weighted by molar-refractivity contribution is 0.103. The molecule has 1 aromatic rings. The third-order valence-electron chi connectivity index (χ3n) is 3.25. The summed E-state index contributed by atoms with van der Waals surface area (Å²) in [6, 6.07) is 6.96. The van der Waals surface area contributed by atoms with Gasteiger partial charge in [0.25, 0.3) is 0 Å². The van der Waals surface area contributed by atoms with Crippen LogP contribution in [-0.2, 0) is 0 Å². The maximum atomic E-state index is 11.4. The Morgan fingerprint density at radius 2 is 1.67 bits per heavy atom. The van der Waals surface area contributed by atoms with Crippen molar-refractivity contribution in [2.45, 2.75) is 0 Å². The predicted molar refractivity (Wildman–Crippen MR) is 70.7 cm³/mol. The van der Waals surface area contributed by atoms with E-state index < -0.39 is 12.8 Å². The number of carbonyl (C=O) groups is 1. The topological polar surface area (TPSA) is 64.0 Å². The van der Waals surface area contributed by atoms with Gasteiger partial charge in [-0.05, 0) is 19.2 Å². The maximum absolute atomic E-state index is 11.4. The molecule has 6 heteroatoms. The monoisotopic (exact) mass is 248 g/mol. The molecule has 0 unspecified atom stereocenters. The molecule has 96 valence electrons. The van der Waals surface area contributed by atoms with Crippen LogP contribution in [0.25, 0.3) is 0 Å². The van der Waals surface area contributed by atoms with Gasteiger partial charge in [-0.15, -0.1) is 0 Å². The zero-order valence-electron chi connectivity index (χ0n) is 10.4. The third kappa shape index (κ3) is 2.90. The van der Waals surface area contributed by atoms with E-state index in [1.807, 2.05) is 12.1 Å². The van der Waals surface area contributed by atoms with Gasteiger partial charge >= 0.3 is 7.12 Å². The molecule has 0 bridgehead atoms. The van der Waals surface area contributed by atoms with Crippen molar-refractivity contribution in [3.63, 3.8) is 0 Å². The van der Waals surface area contributed by atoms with Gasteiger partial charge in [-0.3, -0.25) is 4.79 Å². The van der Waals surface area contributed by atoms with E-state index in [4.69, 9.17) is 10.0 Å². The first-order valence-electron chi connectivity index (χ1n) is 6.02. The predicted octanol–water partition coefficient (Wildman–Crippen LogP) is -0.367. The highest BCUT2D eigenvalue weighted by Crippen LogP contribution is 2.17. The molecule has 18 heavy (non-hydrogen) atoms. The highest BCUT2D eigenvalue weighted by Gasteiger charge is 2.21. The lowest BCUT2D eigenvalue weighted by Crippen LogP contribution is -2.44. The highest BCUT2D eigenvalue weighted by atomic mass is 16.4. The number of benzene rings is 1. The van der Waals surface area contributed by atoms with Gasteiger partial charge in [0.15, 0.2) is 5.68 Å². The second kappa shape index (κ2) is 5.52. The Kier molecular flexibility index (Phi) is 4.01. The smallest absolute Gasteiger partial charge is 0.421 e. The van der Waals surface area contributed by atoms with Gasteiger partial charge in [0.05, 0.1) is 0 Å². The summed E-state index contributed by atoms with van der Waals surface area (Å²) in [5, 5.41) is 17.6. The Morgan fingerprint density at radius 3 is 2.17 bits per heavy atom. The van der Waals surface area contributed by atoms with Crippen LogP contribution in [0.1, 0.15) is 10.4 Å². The van der Waals surface area contributed by atoms with E-state index in [0.717, 1.165) is 31.9 Å². The molecule has 0 spiro atoms. The third-order valence-corrected chi connectivity index (χ3v) is 3.25. The largest absolute Gasteiger partial charge is 0.532 e. The van der Waals surface area contributed by atoms with Crippen molar-refractivity contribution in [3.05, 3.63) is 29.8 Å². The summed E-state index contributed by atoms with van der Waals surface area (Å²) in [6.45, 7) is 3.98. The summed E-state index contributed by atoms with van der Waals surface area (Å²) in [7, 11) is 0.168. The molecular weight excluding hydrogens is 231 g/mol. The molecule has 1 heterocycles. The van der Waals surface area contributed by atoms with Crippen molar-refractivity contribution < 1.29 is 14.8 Å². The van der Waals surface area contributed by atoms with Crippen LogP contribution in [0.4, 0.5) is 5.69 Å². The van der Waals surface area contributed by atoms with Gasteiger partial charge in [0.1, 0.15) is 0 Å². The number of anilines is 1. The quantitative estimate of drug-likeness (QED) is 0.715. The SMILES string of the molecule is CN1CCN(c2ccc(C(=O)B(O)O)cc2)CC1. The molecule has 5 nitrogen and oxygen atoms in total. The van der Waals surface area contributed by atoms with E-state index in [0.29, 0.717) is 5.56 Å². The van der Waals surface area contributed by atoms with Crippen LogP contribution in [0, 0.1) is 0 Å². The minimum atomic E-state index is -1.93. The average molecular weight is 248 g/mol. The number of likely N-dealkylation sites (N-methyl/N-ethyl adjacent to an activating group) is 1. The molecule has 1 fully saturated rings. The summed E-state index contributed by atoms with van der Waals surface area (Å²) < 4.78 is 0. The van der Waals surface area contributed by atoms with E-state index in [9.17, 15) is 4.79 Å². The molecule has 2 rings (SSSR count). The van der Waals surface area contributed by atoms with Crippen molar-refractivity contribution in [1.82, 2.24) is 4.90 Å². The first-order chi connectivity index (χ1) is 8.58. The van der Waals surface area contributed by atoms with Gasteiger partial charge in [-0.2, -0.15) is 0 Å². The van der Waals surface area contributed by atoms with Crippen LogP contribution >= 0.6 is 0 Å². The molecule has 0 radical (unpaired) electrons. The van der Waals surface area contributed by atoms with Crippen LogP contribution < -0.4 is 4.90 Å². The van der Waals surface area contributed by atoms with Crippen LogP contribution in [0.5, 0.6) is 0 Å². The summed E-state index contributed by atoms with van der Waals surface area (Å²) in [5.41, 5.74) is 0.717. The Bertz CT molecular complexity index is 414. The van der Waals surface area contributed by atoms with Gasteiger partial charge in [0.2, 0.25) is 0 Å². The molecule has 0 amide bonds. The van der Waals surface area contributed by atoms with Crippen molar-refractivity contribution in [2.75, 3.05) is 38.1 Å². The van der Waals surface area contributed by atoms with Crippen molar-refractivity contribution in [3.8, 4) is 0 Å². The summed E-state index contributed by atoms with van der Waals surface area (Å²) in [5.74, 6) is 0. The molecule has 1 saturated heterocycles. The minimum Gasteiger partial charge on any atom is -0.421 e. The Hall–Kier alpha value is -1.37. The first kappa shape index (κ1) is 13.1. The Morgan fingerprint density at radius 1 is 1.11 bits per heavy atom. The van der Waals surface area contributed by atoms with Crippen molar-refractivity contribution in [2.24, 2.45) is 0 Å². The highest BCUT2D eigenvalue weighted by molar-refractivity contribution is 6.81. The lowest BCUT2D eigenvalue weighted by Gasteiger charge is -2.34.